The van der Waals surface area contributed by atoms with Gasteiger partial charge in [-0.1, -0.05) is 53.7 Å². The first-order valence-electron chi connectivity index (χ1n) is 7.01. The summed E-state index contributed by atoms with van der Waals surface area (Å²) in [7, 11) is 0. The van der Waals surface area contributed by atoms with E-state index in [1.165, 1.54) is 6.07 Å². The number of anilines is 1. The standard InChI is InChI=1S/C17H13ClFNO2S/c1-2-22-17(21)16-14(10-6-4-3-5-7-10)20-12-9-8-11(19)13(18)15(12)23-16/h3-9,20H,2H2,1H3. The van der Waals surface area contributed by atoms with Crippen LogP contribution in [0.2, 0.25) is 5.02 Å². The molecule has 3 rings (SSSR count). The minimum Gasteiger partial charge on any atom is -0.462 e. The van der Waals surface area contributed by atoms with Crippen molar-refractivity contribution in [2.45, 2.75) is 11.8 Å². The Balaban J connectivity index is 2.12. The molecule has 2 aromatic rings. The quantitative estimate of drug-likeness (QED) is 0.797. The maximum atomic E-state index is 13.7. The molecule has 0 unspecified atom stereocenters. The maximum Gasteiger partial charge on any atom is 0.347 e. The Morgan fingerprint density at radius 1 is 1.26 bits per heavy atom. The third-order valence-electron chi connectivity index (χ3n) is 3.26. The van der Waals surface area contributed by atoms with Crippen molar-refractivity contribution >= 4 is 40.7 Å². The molecule has 118 valence electrons. The van der Waals surface area contributed by atoms with Crippen LogP contribution in [0.25, 0.3) is 5.70 Å². The number of nitrogens with one attached hydrogen (secondary N) is 1. The van der Waals surface area contributed by atoms with Crippen molar-refractivity contribution in [2.24, 2.45) is 0 Å². The lowest BCUT2D eigenvalue weighted by atomic mass is 10.1. The number of carbonyl (C=O) groups is 1. The normalized spacial score (nSPS) is 13.3. The Kier molecular flexibility index (Phi) is 4.59. The van der Waals surface area contributed by atoms with Gasteiger partial charge >= 0.3 is 5.97 Å². The monoisotopic (exact) mass is 349 g/mol. The fourth-order valence-electron chi connectivity index (χ4n) is 2.22. The second-order valence-corrected chi connectivity index (χ2v) is 6.15. The van der Waals surface area contributed by atoms with Crippen LogP contribution in [0.1, 0.15) is 12.5 Å². The van der Waals surface area contributed by atoms with E-state index >= 15 is 0 Å². The fourth-order valence-corrected chi connectivity index (χ4v) is 3.54. The van der Waals surface area contributed by atoms with Crippen molar-refractivity contribution in [3.63, 3.8) is 0 Å². The number of esters is 1. The van der Waals surface area contributed by atoms with E-state index in [1.807, 2.05) is 30.3 Å². The van der Waals surface area contributed by atoms with Gasteiger partial charge in [0.1, 0.15) is 10.7 Å². The zero-order valence-corrected chi connectivity index (χ0v) is 13.8. The molecule has 0 spiro atoms. The molecule has 0 saturated heterocycles. The lowest BCUT2D eigenvalue weighted by Gasteiger charge is -2.24. The van der Waals surface area contributed by atoms with Gasteiger partial charge in [0.25, 0.3) is 0 Å². The van der Waals surface area contributed by atoms with Crippen LogP contribution in [-0.2, 0) is 9.53 Å². The summed E-state index contributed by atoms with van der Waals surface area (Å²) in [5, 5.41) is 3.17. The molecule has 3 nitrogen and oxygen atoms in total. The van der Waals surface area contributed by atoms with E-state index in [0.717, 1.165) is 17.3 Å². The third kappa shape index (κ3) is 3.07. The average Bonchev–Trinajstić information content (AvgIpc) is 2.58. The van der Waals surface area contributed by atoms with E-state index in [4.69, 9.17) is 16.3 Å². The predicted molar refractivity (Wildman–Crippen MR) is 90.9 cm³/mol. The summed E-state index contributed by atoms with van der Waals surface area (Å²) < 4.78 is 18.8. The van der Waals surface area contributed by atoms with E-state index in [1.54, 1.807) is 13.0 Å². The van der Waals surface area contributed by atoms with Gasteiger partial charge in [0.2, 0.25) is 0 Å². The lowest BCUT2D eigenvalue weighted by molar-refractivity contribution is -0.137. The number of ether oxygens (including phenoxy) is 1. The number of hydrogen-bond donors (Lipinski definition) is 1. The molecule has 0 radical (unpaired) electrons. The third-order valence-corrected chi connectivity index (χ3v) is 4.95. The Labute approximate surface area is 142 Å². The van der Waals surface area contributed by atoms with Gasteiger partial charge in [-0.25, -0.2) is 9.18 Å². The van der Waals surface area contributed by atoms with E-state index < -0.39 is 11.8 Å². The van der Waals surface area contributed by atoms with Crippen LogP contribution in [0.5, 0.6) is 0 Å². The van der Waals surface area contributed by atoms with Gasteiger partial charge in [-0.3, -0.25) is 0 Å². The number of fused-ring (bicyclic) bond motifs is 1. The summed E-state index contributed by atoms with van der Waals surface area (Å²) in [6.45, 7) is 2.00. The van der Waals surface area contributed by atoms with Crippen LogP contribution in [0.3, 0.4) is 0 Å². The number of rotatable bonds is 3. The fraction of sp³-hybridized carbons (Fsp3) is 0.118. The summed E-state index contributed by atoms with van der Waals surface area (Å²) >= 11 is 7.16. The molecule has 0 atom stereocenters. The first-order valence-corrected chi connectivity index (χ1v) is 8.21. The molecular weight excluding hydrogens is 337 g/mol. The highest BCUT2D eigenvalue weighted by atomic mass is 35.5. The van der Waals surface area contributed by atoms with Gasteiger partial charge < -0.3 is 10.1 Å². The summed E-state index contributed by atoms with van der Waals surface area (Å²) in [6, 6.07) is 12.3. The van der Waals surface area contributed by atoms with Crippen LogP contribution in [0, 0.1) is 5.82 Å². The largest absolute Gasteiger partial charge is 0.462 e. The molecule has 0 amide bonds. The summed E-state index contributed by atoms with van der Waals surface area (Å²) in [4.78, 5) is 13.2. The van der Waals surface area contributed by atoms with E-state index in [0.29, 0.717) is 21.2 Å². The highest BCUT2D eigenvalue weighted by molar-refractivity contribution is 8.04. The van der Waals surface area contributed by atoms with Gasteiger partial charge in [-0.2, -0.15) is 0 Å². The number of thioether (sulfide) groups is 1. The number of carbonyl (C=O) groups excluding carboxylic acids is 1. The van der Waals surface area contributed by atoms with Crippen LogP contribution in [0.4, 0.5) is 10.1 Å². The second kappa shape index (κ2) is 6.64. The van der Waals surface area contributed by atoms with E-state index in [-0.39, 0.29) is 11.6 Å². The molecule has 0 aromatic heterocycles. The summed E-state index contributed by atoms with van der Waals surface area (Å²) in [5.41, 5.74) is 2.13. The minimum atomic E-state index is -0.522. The summed E-state index contributed by atoms with van der Waals surface area (Å²) in [5.74, 6) is -0.985. The molecule has 1 aliphatic heterocycles. The van der Waals surface area contributed by atoms with Crippen molar-refractivity contribution < 1.29 is 13.9 Å². The van der Waals surface area contributed by atoms with Gasteiger partial charge in [0.15, 0.2) is 0 Å². The number of hydrogen-bond acceptors (Lipinski definition) is 4. The van der Waals surface area contributed by atoms with Crippen LogP contribution < -0.4 is 5.32 Å². The SMILES string of the molecule is CCOC(=O)C1=C(c2ccccc2)Nc2ccc(F)c(Cl)c2S1. The maximum absolute atomic E-state index is 13.7. The molecule has 6 heteroatoms. The zero-order chi connectivity index (χ0) is 16.4. The van der Waals surface area contributed by atoms with Gasteiger partial charge in [0.05, 0.1) is 27.9 Å². The van der Waals surface area contributed by atoms with Crippen LogP contribution >= 0.6 is 23.4 Å². The van der Waals surface area contributed by atoms with Crippen molar-refractivity contribution in [1.82, 2.24) is 0 Å². The van der Waals surface area contributed by atoms with E-state index in [9.17, 15) is 9.18 Å². The summed E-state index contributed by atoms with van der Waals surface area (Å²) in [6.07, 6.45) is 0. The molecular formula is C17H13ClFNO2S. The highest BCUT2D eigenvalue weighted by Gasteiger charge is 2.28. The van der Waals surface area contributed by atoms with Crippen molar-refractivity contribution in [3.8, 4) is 0 Å². The van der Waals surface area contributed by atoms with Gasteiger partial charge in [-0.05, 0) is 24.6 Å². The molecule has 2 aromatic carbocycles. The smallest absolute Gasteiger partial charge is 0.347 e. The number of halogens is 2. The zero-order valence-electron chi connectivity index (χ0n) is 12.2. The molecule has 0 bridgehead atoms. The van der Waals surface area contributed by atoms with Crippen LogP contribution in [0.15, 0.2) is 52.3 Å². The van der Waals surface area contributed by atoms with Gasteiger partial charge in [0, 0.05) is 0 Å². The molecule has 0 saturated carbocycles. The molecule has 1 aliphatic rings. The molecule has 0 aliphatic carbocycles. The topological polar surface area (TPSA) is 38.3 Å². The molecule has 1 heterocycles. The average molecular weight is 350 g/mol. The molecule has 23 heavy (non-hydrogen) atoms. The Morgan fingerprint density at radius 3 is 2.70 bits per heavy atom. The molecule has 0 fully saturated rings. The Morgan fingerprint density at radius 2 is 2.00 bits per heavy atom. The van der Waals surface area contributed by atoms with E-state index in [2.05, 4.69) is 5.32 Å². The van der Waals surface area contributed by atoms with Crippen LogP contribution in [-0.4, -0.2) is 12.6 Å². The Hall–Kier alpha value is -1.98. The first-order chi connectivity index (χ1) is 11.1. The lowest BCUT2D eigenvalue weighted by Crippen LogP contribution is -2.15. The second-order valence-electron chi connectivity index (χ2n) is 4.76. The highest BCUT2D eigenvalue weighted by Crippen LogP contribution is 2.47. The van der Waals surface area contributed by atoms with Crippen molar-refractivity contribution in [3.05, 3.63) is 63.8 Å². The van der Waals surface area contributed by atoms with Gasteiger partial charge in [-0.15, -0.1) is 0 Å². The minimum absolute atomic E-state index is 0.00564. The van der Waals surface area contributed by atoms with Crippen molar-refractivity contribution in [2.75, 3.05) is 11.9 Å². The van der Waals surface area contributed by atoms with Crippen molar-refractivity contribution in [1.29, 1.82) is 0 Å². The first kappa shape index (κ1) is 15.9. The molecule has 1 N–H and O–H groups in total. The number of benzene rings is 2. The predicted octanol–water partition coefficient (Wildman–Crippen LogP) is 4.93. The Bertz CT molecular complexity index is 793.